The van der Waals surface area contributed by atoms with Crippen LogP contribution >= 0.6 is 0 Å². The molecule has 0 saturated heterocycles. The lowest BCUT2D eigenvalue weighted by atomic mass is 10.0. The third-order valence-electron chi connectivity index (χ3n) is 4.64. The van der Waals surface area contributed by atoms with E-state index in [0.717, 1.165) is 56.4 Å². The van der Waals surface area contributed by atoms with Gasteiger partial charge in [-0.1, -0.05) is 29.4 Å². The van der Waals surface area contributed by atoms with Crippen LogP contribution in [-0.4, -0.2) is 53.3 Å². The molecule has 0 aromatic heterocycles. The van der Waals surface area contributed by atoms with Crippen molar-refractivity contribution < 1.29 is 18.9 Å². The molecule has 30 heavy (non-hydrogen) atoms. The van der Waals surface area contributed by atoms with Crippen LogP contribution in [0.3, 0.4) is 0 Å². The Balaban J connectivity index is 5.02. The Morgan fingerprint density at radius 2 is 1.33 bits per heavy atom. The van der Waals surface area contributed by atoms with Crippen molar-refractivity contribution in [2.24, 2.45) is 5.10 Å². The first-order valence-electron chi connectivity index (χ1n) is 10.8. The molecule has 0 aliphatic carbocycles. The molecule has 0 atom stereocenters. The molecule has 0 aliphatic heterocycles. The summed E-state index contributed by atoms with van der Waals surface area (Å²) in [6, 6.07) is 0. The normalized spacial score (nSPS) is 13.3. The van der Waals surface area contributed by atoms with E-state index in [1.165, 1.54) is 11.1 Å². The van der Waals surface area contributed by atoms with Gasteiger partial charge < -0.3 is 24.4 Å². The molecule has 0 unspecified atom stereocenters. The van der Waals surface area contributed by atoms with Crippen LogP contribution in [-0.2, 0) is 18.9 Å². The first-order chi connectivity index (χ1) is 14.4. The zero-order chi connectivity index (χ0) is 22.8. The molecular weight excluding hydrogens is 380 g/mol. The van der Waals surface area contributed by atoms with Crippen molar-refractivity contribution in [2.45, 2.75) is 78.8 Å². The second-order valence-electron chi connectivity index (χ2n) is 7.45. The minimum absolute atomic E-state index is 0.334. The number of hydrogen-bond acceptors (Lipinski definition) is 6. The van der Waals surface area contributed by atoms with Gasteiger partial charge in [0.15, 0.2) is 12.6 Å². The average Bonchev–Trinajstić information content (AvgIpc) is 2.72. The summed E-state index contributed by atoms with van der Waals surface area (Å²) in [5, 5.41) is 4.40. The number of hydrogen-bond donors (Lipinski definition) is 1. The van der Waals surface area contributed by atoms with Crippen LogP contribution in [0, 0.1) is 0 Å². The molecular formula is C24H44N2O4. The molecule has 0 aliphatic rings. The summed E-state index contributed by atoms with van der Waals surface area (Å²) in [7, 11) is 6.59. The van der Waals surface area contributed by atoms with Gasteiger partial charge in [0.05, 0.1) is 5.71 Å². The van der Waals surface area contributed by atoms with Crippen molar-refractivity contribution in [1.82, 2.24) is 5.43 Å². The molecule has 6 heteroatoms. The third kappa shape index (κ3) is 13.0. The molecule has 0 rings (SSSR count). The summed E-state index contributed by atoms with van der Waals surface area (Å²) >= 11 is 0. The molecule has 6 nitrogen and oxygen atoms in total. The van der Waals surface area contributed by atoms with Crippen LogP contribution in [0.2, 0.25) is 0 Å². The highest BCUT2D eigenvalue weighted by atomic mass is 16.7. The molecule has 0 heterocycles. The highest BCUT2D eigenvalue weighted by molar-refractivity contribution is 5.87. The number of ether oxygens (including phenoxy) is 4. The second kappa shape index (κ2) is 18.3. The van der Waals surface area contributed by atoms with E-state index in [0.29, 0.717) is 0 Å². The number of allylic oxidation sites excluding steroid dienone is 5. The van der Waals surface area contributed by atoms with Crippen LogP contribution in [0.1, 0.15) is 66.2 Å². The maximum atomic E-state index is 5.51. The quantitative estimate of drug-likeness (QED) is 0.147. The fourth-order valence-corrected chi connectivity index (χ4v) is 3.07. The van der Waals surface area contributed by atoms with E-state index < -0.39 is 6.29 Å². The zero-order valence-corrected chi connectivity index (χ0v) is 20.4. The van der Waals surface area contributed by atoms with E-state index in [1.54, 1.807) is 28.4 Å². The lowest BCUT2D eigenvalue weighted by Crippen LogP contribution is -2.27. The Morgan fingerprint density at radius 3 is 1.87 bits per heavy atom. The Bertz CT molecular complexity index is 556. The fraction of sp³-hybridized carbons (Fsp3) is 0.708. The minimum Gasteiger partial charge on any atom is -0.352 e. The SMILES string of the molecule is CCNN=C(CCC=C(CCC=C(C)CCC=C(C)C)C(OC)OC)C(OC)OC. The monoisotopic (exact) mass is 424 g/mol. The molecule has 0 amide bonds. The maximum Gasteiger partial charge on any atom is 0.198 e. The molecule has 0 fully saturated rings. The van der Waals surface area contributed by atoms with Gasteiger partial charge in [-0.15, -0.1) is 0 Å². The molecule has 0 saturated carbocycles. The molecule has 174 valence electrons. The van der Waals surface area contributed by atoms with E-state index in [1.807, 2.05) is 6.92 Å². The van der Waals surface area contributed by atoms with Crippen molar-refractivity contribution in [2.75, 3.05) is 35.0 Å². The average molecular weight is 425 g/mol. The van der Waals surface area contributed by atoms with Gasteiger partial charge >= 0.3 is 0 Å². The summed E-state index contributed by atoms with van der Waals surface area (Å²) in [5.41, 5.74) is 7.76. The Morgan fingerprint density at radius 1 is 0.767 bits per heavy atom. The lowest BCUT2D eigenvalue weighted by Gasteiger charge is -2.18. The van der Waals surface area contributed by atoms with Gasteiger partial charge in [-0.3, -0.25) is 0 Å². The van der Waals surface area contributed by atoms with E-state index >= 15 is 0 Å². The van der Waals surface area contributed by atoms with Gasteiger partial charge in [-0.2, -0.15) is 5.10 Å². The molecule has 0 bridgehead atoms. The topological polar surface area (TPSA) is 61.3 Å². The van der Waals surface area contributed by atoms with Gasteiger partial charge in [0.1, 0.15) is 0 Å². The van der Waals surface area contributed by atoms with Crippen LogP contribution in [0.15, 0.2) is 40.0 Å². The van der Waals surface area contributed by atoms with Crippen molar-refractivity contribution in [3.63, 3.8) is 0 Å². The van der Waals surface area contributed by atoms with E-state index in [9.17, 15) is 0 Å². The molecule has 0 radical (unpaired) electrons. The predicted octanol–water partition coefficient (Wildman–Crippen LogP) is 5.37. The van der Waals surface area contributed by atoms with Gasteiger partial charge in [-0.25, -0.2) is 0 Å². The third-order valence-corrected chi connectivity index (χ3v) is 4.64. The molecule has 0 aromatic rings. The largest absolute Gasteiger partial charge is 0.352 e. The van der Waals surface area contributed by atoms with Crippen molar-refractivity contribution in [1.29, 1.82) is 0 Å². The summed E-state index contributed by atoms with van der Waals surface area (Å²) in [6.07, 6.45) is 11.6. The van der Waals surface area contributed by atoms with Gasteiger partial charge in [-0.05, 0) is 71.8 Å². The first kappa shape index (κ1) is 28.5. The van der Waals surface area contributed by atoms with Crippen LogP contribution in [0.4, 0.5) is 0 Å². The Labute approximate surface area is 184 Å². The van der Waals surface area contributed by atoms with Crippen LogP contribution in [0.5, 0.6) is 0 Å². The molecule has 0 spiro atoms. The van der Waals surface area contributed by atoms with E-state index in [-0.39, 0.29) is 6.29 Å². The van der Waals surface area contributed by atoms with Crippen molar-refractivity contribution in [3.05, 3.63) is 34.9 Å². The van der Waals surface area contributed by atoms with Crippen LogP contribution < -0.4 is 5.43 Å². The lowest BCUT2D eigenvalue weighted by molar-refractivity contribution is -0.0767. The first-order valence-corrected chi connectivity index (χ1v) is 10.8. The van der Waals surface area contributed by atoms with Gasteiger partial charge in [0, 0.05) is 35.0 Å². The summed E-state index contributed by atoms with van der Waals surface area (Å²) in [5.74, 6) is 0. The van der Waals surface area contributed by atoms with Gasteiger partial charge in [0.25, 0.3) is 0 Å². The predicted molar refractivity (Wildman–Crippen MR) is 126 cm³/mol. The molecule has 1 N–H and O–H groups in total. The number of methoxy groups -OCH3 is 4. The highest BCUT2D eigenvalue weighted by Gasteiger charge is 2.16. The van der Waals surface area contributed by atoms with Crippen LogP contribution in [0.25, 0.3) is 0 Å². The summed E-state index contributed by atoms with van der Waals surface area (Å²) < 4.78 is 21.8. The Hall–Kier alpha value is -1.47. The minimum atomic E-state index is -0.451. The maximum absolute atomic E-state index is 5.51. The van der Waals surface area contributed by atoms with Crippen molar-refractivity contribution in [3.8, 4) is 0 Å². The zero-order valence-electron chi connectivity index (χ0n) is 20.4. The fourth-order valence-electron chi connectivity index (χ4n) is 3.07. The number of nitrogens with zero attached hydrogens (tertiary/aromatic N) is 1. The number of rotatable bonds is 17. The van der Waals surface area contributed by atoms with E-state index in [2.05, 4.69) is 49.5 Å². The summed E-state index contributed by atoms with van der Waals surface area (Å²) in [6.45, 7) is 9.24. The number of nitrogens with one attached hydrogen (secondary N) is 1. The van der Waals surface area contributed by atoms with Crippen molar-refractivity contribution >= 4 is 5.71 Å². The molecule has 0 aromatic carbocycles. The highest BCUT2D eigenvalue weighted by Crippen LogP contribution is 2.18. The smallest absolute Gasteiger partial charge is 0.198 e. The Kier molecular flexibility index (Phi) is 17.4. The number of hydrazone groups is 1. The van der Waals surface area contributed by atoms with E-state index in [4.69, 9.17) is 18.9 Å². The van der Waals surface area contributed by atoms with Gasteiger partial charge in [0.2, 0.25) is 0 Å². The second-order valence-corrected chi connectivity index (χ2v) is 7.45. The standard InChI is InChI=1S/C24H44N2O4/c1-9-25-26-22(24(29-7)30-8)18-12-17-21(23(27-5)28-6)16-11-15-20(4)14-10-13-19(2)3/h13,15,17,23-25H,9-12,14,16,18H2,1-8H3. The summed E-state index contributed by atoms with van der Waals surface area (Å²) in [4.78, 5) is 0.